The van der Waals surface area contributed by atoms with E-state index in [2.05, 4.69) is 11.9 Å². The highest BCUT2D eigenvalue weighted by molar-refractivity contribution is 6.34. The molecule has 1 aromatic heterocycles. The number of halogens is 1. The van der Waals surface area contributed by atoms with Gasteiger partial charge in [0.15, 0.2) is 5.69 Å². The fourth-order valence-corrected chi connectivity index (χ4v) is 5.29. The van der Waals surface area contributed by atoms with E-state index in [0.717, 1.165) is 37.8 Å². The van der Waals surface area contributed by atoms with Gasteiger partial charge >= 0.3 is 5.97 Å². The maximum absolute atomic E-state index is 13.2. The molecule has 2 aliphatic heterocycles. The molecule has 6 nitrogen and oxygen atoms in total. The largest absolute Gasteiger partial charge is 0.457 e. The summed E-state index contributed by atoms with van der Waals surface area (Å²) in [6.45, 7) is 2.79. The second-order valence-electron chi connectivity index (χ2n) is 8.34. The minimum Gasteiger partial charge on any atom is -0.457 e. The summed E-state index contributed by atoms with van der Waals surface area (Å²) in [5, 5.41) is 0.417. The van der Waals surface area contributed by atoms with Crippen LogP contribution in [-0.2, 0) is 4.74 Å². The monoisotopic (exact) mass is 413 g/mol. The standard InChI is InChI=1S/C22H24ClN3O3/c1-13-6-2-3-10-17(13)29-22(28)19-20-16-9-5-11-25(16)21(27)18-14(23)7-4-8-15(18)26(20)12-24-19/h4,7-8,12-13,16-17H,2-3,5-6,9-11H2,1H3/t13-,16+,17-/m1/s1. The van der Waals surface area contributed by atoms with Crippen LogP contribution in [0.1, 0.15) is 78.0 Å². The summed E-state index contributed by atoms with van der Waals surface area (Å²) in [6, 6.07) is 5.20. The Morgan fingerprint density at radius 3 is 2.86 bits per heavy atom. The summed E-state index contributed by atoms with van der Waals surface area (Å²) in [6.07, 6.45) is 7.49. The summed E-state index contributed by atoms with van der Waals surface area (Å²) in [5.74, 6) is -0.114. The van der Waals surface area contributed by atoms with Crippen molar-refractivity contribution < 1.29 is 14.3 Å². The molecule has 0 bridgehead atoms. The molecule has 1 aromatic carbocycles. The Kier molecular flexibility index (Phi) is 4.62. The van der Waals surface area contributed by atoms with Gasteiger partial charge in [-0.15, -0.1) is 0 Å². The zero-order valence-electron chi connectivity index (χ0n) is 16.4. The highest BCUT2D eigenvalue weighted by Crippen LogP contribution is 2.41. The molecule has 2 aromatic rings. The number of ether oxygens (including phenoxy) is 1. The number of carbonyl (C=O) groups is 2. The Morgan fingerprint density at radius 2 is 2.03 bits per heavy atom. The van der Waals surface area contributed by atoms with E-state index in [-0.39, 0.29) is 24.0 Å². The summed E-state index contributed by atoms with van der Waals surface area (Å²) < 4.78 is 7.75. The average Bonchev–Trinajstić information content (AvgIpc) is 3.33. The number of amides is 1. The molecule has 5 rings (SSSR count). The average molecular weight is 414 g/mol. The molecule has 29 heavy (non-hydrogen) atoms. The third-order valence-corrected chi connectivity index (χ3v) is 6.90. The van der Waals surface area contributed by atoms with Gasteiger partial charge in [-0.05, 0) is 50.2 Å². The van der Waals surface area contributed by atoms with E-state index in [1.165, 1.54) is 6.42 Å². The Bertz CT molecular complexity index is 986. The predicted octanol–water partition coefficient (Wildman–Crippen LogP) is 4.55. The number of aromatic nitrogens is 2. The van der Waals surface area contributed by atoms with Gasteiger partial charge in [0.2, 0.25) is 0 Å². The zero-order valence-corrected chi connectivity index (χ0v) is 17.2. The molecule has 0 unspecified atom stereocenters. The molecule has 2 fully saturated rings. The number of fused-ring (bicyclic) bond motifs is 5. The van der Waals surface area contributed by atoms with Crippen LogP contribution in [0.5, 0.6) is 0 Å². The van der Waals surface area contributed by atoms with Gasteiger partial charge in [0.1, 0.15) is 12.4 Å². The van der Waals surface area contributed by atoms with Gasteiger partial charge in [0, 0.05) is 6.54 Å². The smallest absolute Gasteiger partial charge is 0.359 e. The van der Waals surface area contributed by atoms with Gasteiger partial charge in [0.25, 0.3) is 5.91 Å². The van der Waals surface area contributed by atoms with Crippen molar-refractivity contribution in [3.05, 3.63) is 46.5 Å². The fraction of sp³-hybridized carbons (Fsp3) is 0.500. The van der Waals surface area contributed by atoms with Crippen molar-refractivity contribution in [2.75, 3.05) is 6.54 Å². The van der Waals surface area contributed by atoms with Crippen LogP contribution in [0.25, 0.3) is 5.69 Å². The van der Waals surface area contributed by atoms with Crippen LogP contribution in [-0.4, -0.2) is 39.0 Å². The van der Waals surface area contributed by atoms with Crippen LogP contribution in [0.2, 0.25) is 5.02 Å². The molecule has 1 saturated heterocycles. The number of carbonyl (C=O) groups excluding carboxylic acids is 2. The zero-order chi connectivity index (χ0) is 20.1. The number of benzene rings is 1. The van der Waals surface area contributed by atoms with E-state index in [4.69, 9.17) is 16.3 Å². The molecule has 0 radical (unpaired) electrons. The topological polar surface area (TPSA) is 64.4 Å². The number of rotatable bonds is 2. The first-order chi connectivity index (χ1) is 14.1. The van der Waals surface area contributed by atoms with E-state index in [9.17, 15) is 9.59 Å². The lowest BCUT2D eigenvalue weighted by Crippen LogP contribution is -2.31. The predicted molar refractivity (Wildman–Crippen MR) is 108 cm³/mol. The van der Waals surface area contributed by atoms with Gasteiger partial charge < -0.3 is 9.64 Å². The van der Waals surface area contributed by atoms with E-state index < -0.39 is 0 Å². The van der Waals surface area contributed by atoms with Crippen LogP contribution < -0.4 is 0 Å². The van der Waals surface area contributed by atoms with Crippen molar-refractivity contribution in [3.8, 4) is 5.69 Å². The molecular weight excluding hydrogens is 390 g/mol. The van der Waals surface area contributed by atoms with Crippen LogP contribution in [0.3, 0.4) is 0 Å². The first kappa shape index (κ1) is 18.7. The SMILES string of the molecule is C[C@@H]1CCCC[C@H]1OC(=O)c1ncn2c1[C@@H]1CCCN1C(=O)c1c(Cl)cccc1-2. The van der Waals surface area contributed by atoms with Crippen LogP contribution in [0, 0.1) is 5.92 Å². The van der Waals surface area contributed by atoms with E-state index in [1.807, 2.05) is 21.6 Å². The molecule has 3 atom stereocenters. The van der Waals surface area contributed by atoms with Crippen LogP contribution in [0.4, 0.5) is 0 Å². The Labute approximate surface area is 174 Å². The maximum atomic E-state index is 13.2. The van der Waals surface area contributed by atoms with Gasteiger partial charge in [-0.25, -0.2) is 9.78 Å². The first-order valence-electron chi connectivity index (χ1n) is 10.4. The van der Waals surface area contributed by atoms with E-state index in [1.54, 1.807) is 12.4 Å². The van der Waals surface area contributed by atoms with Gasteiger partial charge in [-0.3, -0.25) is 9.36 Å². The summed E-state index contributed by atoms with van der Waals surface area (Å²) >= 11 is 6.41. The number of nitrogens with zero attached hydrogens (tertiary/aromatic N) is 3. The van der Waals surface area contributed by atoms with Crippen molar-refractivity contribution >= 4 is 23.5 Å². The van der Waals surface area contributed by atoms with Crippen molar-refractivity contribution in [2.45, 2.75) is 57.6 Å². The highest BCUT2D eigenvalue weighted by atomic mass is 35.5. The summed E-state index contributed by atoms with van der Waals surface area (Å²) in [5.41, 5.74) is 2.20. The molecule has 3 heterocycles. The van der Waals surface area contributed by atoms with Crippen molar-refractivity contribution in [1.29, 1.82) is 0 Å². The van der Waals surface area contributed by atoms with E-state index >= 15 is 0 Å². The van der Waals surface area contributed by atoms with Crippen molar-refractivity contribution in [1.82, 2.24) is 14.5 Å². The van der Waals surface area contributed by atoms with Gasteiger partial charge in [-0.1, -0.05) is 31.0 Å². The first-order valence-corrected chi connectivity index (χ1v) is 10.8. The van der Waals surface area contributed by atoms with Gasteiger partial charge in [-0.2, -0.15) is 0 Å². The minimum atomic E-state index is -0.387. The molecule has 1 aliphatic carbocycles. The molecule has 1 saturated carbocycles. The quantitative estimate of drug-likeness (QED) is 0.677. The lowest BCUT2D eigenvalue weighted by molar-refractivity contribution is 0.00392. The molecule has 3 aliphatic rings. The maximum Gasteiger partial charge on any atom is 0.359 e. The summed E-state index contributed by atoms with van der Waals surface area (Å²) in [7, 11) is 0. The number of hydrogen-bond donors (Lipinski definition) is 0. The molecular formula is C22H24ClN3O3. The lowest BCUT2D eigenvalue weighted by Gasteiger charge is -2.28. The number of imidazole rings is 1. The lowest BCUT2D eigenvalue weighted by atomic mass is 9.88. The minimum absolute atomic E-state index is 0.0672. The molecule has 0 N–H and O–H groups in total. The normalized spacial score (nSPS) is 25.8. The molecule has 0 spiro atoms. The van der Waals surface area contributed by atoms with Crippen molar-refractivity contribution in [3.63, 3.8) is 0 Å². The second-order valence-corrected chi connectivity index (χ2v) is 8.75. The fourth-order valence-electron chi connectivity index (χ4n) is 5.04. The molecule has 7 heteroatoms. The Morgan fingerprint density at radius 1 is 1.21 bits per heavy atom. The van der Waals surface area contributed by atoms with Crippen LogP contribution in [0.15, 0.2) is 24.5 Å². The third kappa shape index (κ3) is 2.96. The third-order valence-electron chi connectivity index (χ3n) is 6.58. The number of hydrogen-bond acceptors (Lipinski definition) is 4. The van der Waals surface area contributed by atoms with Crippen LogP contribution >= 0.6 is 11.6 Å². The number of esters is 1. The molecule has 152 valence electrons. The summed E-state index contributed by atoms with van der Waals surface area (Å²) in [4.78, 5) is 32.6. The Hall–Kier alpha value is -2.34. The Balaban J connectivity index is 1.59. The van der Waals surface area contributed by atoms with E-state index in [0.29, 0.717) is 34.4 Å². The molecule has 1 amide bonds. The van der Waals surface area contributed by atoms with Gasteiger partial charge in [0.05, 0.1) is 28.0 Å². The second kappa shape index (κ2) is 7.17. The highest BCUT2D eigenvalue weighted by Gasteiger charge is 2.41. The van der Waals surface area contributed by atoms with Crippen molar-refractivity contribution in [2.24, 2.45) is 5.92 Å².